The van der Waals surface area contributed by atoms with Gasteiger partial charge >= 0.3 is 0 Å². The van der Waals surface area contributed by atoms with Crippen LogP contribution in [0.1, 0.15) is 6.23 Å². The number of methoxy groups -OCH3 is 1. The van der Waals surface area contributed by atoms with Crippen molar-refractivity contribution in [1.29, 1.82) is 0 Å². The zero-order valence-electron chi connectivity index (χ0n) is 10.6. The molecule has 20 heavy (non-hydrogen) atoms. The monoisotopic (exact) mass is 282 g/mol. The summed E-state index contributed by atoms with van der Waals surface area (Å²) in [6.45, 7) is -0.389. The fourth-order valence-corrected chi connectivity index (χ4v) is 2.28. The SMILES string of the molecule is COc1ncnc2c1ncn2[C@@H]1O[C@H](CO)[C@H](O)[C@H]1O. The van der Waals surface area contributed by atoms with Crippen LogP contribution in [-0.4, -0.2) is 66.9 Å². The first-order chi connectivity index (χ1) is 9.67. The summed E-state index contributed by atoms with van der Waals surface area (Å²) in [6.07, 6.45) is -1.37. The average molecular weight is 282 g/mol. The molecule has 0 bridgehead atoms. The zero-order chi connectivity index (χ0) is 14.3. The lowest BCUT2D eigenvalue weighted by Gasteiger charge is -2.16. The van der Waals surface area contributed by atoms with E-state index in [-0.39, 0.29) is 6.61 Å². The van der Waals surface area contributed by atoms with Gasteiger partial charge in [-0.05, 0) is 0 Å². The fraction of sp³-hybridized carbons (Fsp3) is 0.545. The van der Waals surface area contributed by atoms with Crippen molar-refractivity contribution in [2.24, 2.45) is 0 Å². The van der Waals surface area contributed by atoms with E-state index in [0.717, 1.165) is 0 Å². The standard InChI is InChI=1S/C11H14N4O5/c1-19-10-6-9(12-3-13-10)15(4-14-6)11-8(18)7(17)5(2-16)20-11/h3-5,7-8,11,16-18H,2H2,1H3/t5-,7+,8-,11-/m1/s1. The number of hydrogen-bond acceptors (Lipinski definition) is 8. The fourth-order valence-electron chi connectivity index (χ4n) is 2.28. The number of aliphatic hydroxyl groups excluding tert-OH is 3. The summed E-state index contributed by atoms with van der Waals surface area (Å²) in [4.78, 5) is 12.1. The second kappa shape index (κ2) is 4.94. The van der Waals surface area contributed by atoms with Crippen LogP contribution in [0.15, 0.2) is 12.7 Å². The van der Waals surface area contributed by atoms with Gasteiger partial charge in [-0.2, -0.15) is 4.98 Å². The molecule has 0 unspecified atom stereocenters. The minimum absolute atomic E-state index is 0.306. The molecule has 4 atom stereocenters. The smallest absolute Gasteiger partial charge is 0.245 e. The van der Waals surface area contributed by atoms with Gasteiger partial charge in [0.05, 0.1) is 20.0 Å². The van der Waals surface area contributed by atoms with Gasteiger partial charge in [-0.15, -0.1) is 0 Å². The van der Waals surface area contributed by atoms with E-state index in [1.807, 2.05) is 0 Å². The Morgan fingerprint density at radius 2 is 2.10 bits per heavy atom. The molecule has 3 N–H and O–H groups in total. The van der Waals surface area contributed by atoms with Crippen molar-refractivity contribution in [2.75, 3.05) is 13.7 Å². The molecule has 108 valence electrons. The summed E-state index contributed by atoms with van der Waals surface area (Å²) in [5.74, 6) is 0.306. The highest BCUT2D eigenvalue weighted by molar-refractivity contribution is 5.76. The normalized spacial score (nSPS) is 30.0. The highest BCUT2D eigenvalue weighted by Crippen LogP contribution is 2.32. The number of hydrogen-bond donors (Lipinski definition) is 3. The summed E-state index contributed by atoms with van der Waals surface area (Å²) in [6, 6.07) is 0. The molecule has 9 heteroatoms. The quantitative estimate of drug-likeness (QED) is 0.618. The Kier molecular flexibility index (Phi) is 3.26. The van der Waals surface area contributed by atoms with Gasteiger partial charge in [0.15, 0.2) is 17.4 Å². The van der Waals surface area contributed by atoms with Gasteiger partial charge in [0.2, 0.25) is 5.88 Å². The molecule has 1 aliphatic rings. The minimum Gasteiger partial charge on any atom is -0.479 e. The minimum atomic E-state index is -1.19. The zero-order valence-corrected chi connectivity index (χ0v) is 10.6. The van der Waals surface area contributed by atoms with Gasteiger partial charge in [0.1, 0.15) is 24.6 Å². The Labute approximate surface area is 113 Å². The Bertz CT molecular complexity index is 618. The number of ether oxygens (including phenoxy) is 2. The van der Waals surface area contributed by atoms with E-state index in [2.05, 4.69) is 15.0 Å². The topological polar surface area (TPSA) is 123 Å². The molecular weight excluding hydrogens is 268 g/mol. The predicted octanol–water partition coefficient (Wildman–Crippen LogP) is -1.55. The largest absolute Gasteiger partial charge is 0.479 e. The van der Waals surface area contributed by atoms with Crippen molar-refractivity contribution >= 4 is 11.2 Å². The molecule has 1 saturated heterocycles. The summed E-state index contributed by atoms with van der Waals surface area (Å²) in [5, 5.41) is 28.9. The third-order valence-corrected chi connectivity index (χ3v) is 3.31. The van der Waals surface area contributed by atoms with E-state index < -0.39 is 24.5 Å². The second-order valence-electron chi connectivity index (χ2n) is 4.44. The Morgan fingerprint density at radius 1 is 1.30 bits per heavy atom. The maximum absolute atomic E-state index is 10.0. The van der Waals surface area contributed by atoms with Gasteiger partial charge in [-0.3, -0.25) is 4.57 Å². The molecule has 1 aliphatic heterocycles. The van der Waals surface area contributed by atoms with Crippen LogP contribution in [0, 0.1) is 0 Å². The molecule has 0 radical (unpaired) electrons. The van der Waals surface area contributed by atoms with Gasteiger partial charge in [-0.25, -0.2) is 9.97 Å². The number of fused-ring (bicyclic) bond motifs is 1. The van der Waals surface area contributed by atoms with Crippen LogP contribution in [0.5, 0.6) is 5.88 Å². The Hall–Kier alpha value is -1.81. The predicted molar refractivity (Wildman–Crippen MR) is 64.9 cm³/mol. The second-order valence-corrected chi connectivity index (χ2v) is 4.44. The summed E-state index contributed by atoms with van der Waals surface area (Å²) in [7, 11) is 1.47. The van der Waals surface area contributed by atoms with E-state index in [9.17, 15) is 10.2 Å². The average Bonchev–Trinajstić information content (AvgIpc) is 3.01. The molecule has 0 aromatic carbocycles. The third kappa shape index (κ3) is 1.83. The van der Waals surface area contributed by atoms with Crippen LogP contribution in [0.2, 0.25) is 0 Å². The van der Waals surface area contributed by atoms with Crippen molar-refractivity contribution in [3.8, 4) is 5.88 Å². The third-order valence-electron chi connectivity index (χ3n) is 3.31. The van der Waals surface area contributed by atoms with E-state index >= 15 is 0 Å². The first kappa shape index (κ1) is 13.2. The van der Waals surface area contributed by atoms with E-state index in [0.29, 0.717) is 17.0 Å². The Balaban J connectivity index is 2.03. The number of rotatable bonds is 3. The van der Waals surface area contributed by atoms with Crippen LogP contribution in [-0.2, 0) is 4.74 Å². The highest BCUT2D eigenvalue weighted by atomic mass is 16.6. The van der Waals surface area contributed by atoms with E-state index in [1.165, 1.54) is 24.3 Å². The van der Waals surface area contributed by atoms with Crippen molar-refractivity contribution in [3.05, 3.63) is 12.7 Å². The molecule has 1 fully saturated rings. The van der Waals surface area contributed by atoms with E-state index in [1.54, 1.807) is 0 Å². The summed E-state index contributed by atoms with van der Waals surface area (Å²) in [5.41, 5.74) is 0.833. The van der Waals surface area contributed by atoms with Crippen LogP contribution >= 0.6 is 0 Å². The van der Waals surface area contributed by atoms with Gasteiger partial charge < -0.3 is 24.8 Å². The molecule has 3 rings (SSSR count). The maximum Gasteiger partial charge on any atom is 0.245 e. The summed E-state index contributed by atoms with van der Waals surface area (Å²) < 4.78 is 12.0. The first-order valence-corrected chi connectivity index (χ1v) is 6.01. The lowest BCUT2D eigenvalue weighted by molar-refractivity contribution is -0.0511. The number of nitrogens with zero attached hydrogens (tertiary/aromatic N) is 4. The van der Waals surface area contributed by atoms with Crippen molar-refractivity contribution in [1.82, 2.24) is 19.5 Å². The molecule has 2 aromatic heterocycles. The van der Waals surface area contributed by atoms with Crippen LogP contribution in [0.25, 0.3) is 11.2 Å². The van der Waals surface area contributed by atoms with Crippen LogP contribution in [0.3, 0.4) is 0 Å². The lowest BCUT2D eigenvalue weighted by Crippen LogP contribution is -2.33. The molecule has 0 aliphatic carbocycles. The molecular formula is C11H14N4O5. The van der Waals surface area contributed by atoms with Crippen molar-refractivity contribution in [3.63, 3.8) is 0 Å². The number of imidazole rings is 1. The van der Waals surface area contributed by atoms with Crippen molar-refractivity contribution < 1.29 is 24.8 Å². The molecule has 9 nitrogen and oxygen atoms in total. The molecule has 0 amide bonds. The van der Waals surface area contributed by atoms with Crippen LogP contribution in [0.4, 0.5) is 0 Å². The molecule has 3 heterocycles. The molecule has 0 spiro atoms. The van der Waals surface area contributed by atoms with Gasteiger partial charge in [0.25, 0.3) is 0 Å². The summed E-state index contributed by atoms with van der Waals surface area (Å²) >= 11 is 0. The van der Waals surface area contributed by atoms with Gasteiger partial charge in [0, 0.05) is 0 Å². The van der Waals surface area contributed by atoms with Gasteiger partial charge in [-0.1, -0.05) is 0 Å². The Morgan fingerprint density at radius 3 is 2.75 bits per heavy atom. The highest BCUT2D eigenvalue weighted by Gasteiger charge is 2.44. The number of aliphatic hydroxyl groups is 3. The number of aromatic nitrogens is 4. The lowest BCUT2D eigenvalue weighted by atomic mass is 10.1. The molecule has 0 saturated carbocycles. The molecule has 2 aromatic rings. The maximum atomic E-state index is 10.0. The van der Waals surface area contributed by atoms with E-state index in [4.69, 9.17) is 14.6 Å². The van der Waals surface area contributed by atoms with Crippen LogP contribution < -0.4 is 4.74 Å². The van der Waals surface area contributed by atoms with Crippen molar-refractivity contribution in [2.45, 2.75) is 24.5 Å². The first-order valence-electron chi connectivity index (χ1n) is 6.01.